The van der Waals surface area contributed by atoms with Crippen molar-refractivity contribution in [3.8, 4) is 0 Å². The first-order valence-corrected chi connectivity index (χ1v) is 8.30. The quantitative estimate of drug-likeness (QED) is 0.750. The standard InChI is InChI=1S/C17H28O5/c1-5-20-14(18)12-7-9-17(8-6-10-21-17)11-13(12)15(19)22-16(2,3)4/h12-13H,5-11H2,1-4H3/t12-,13-,17?/m0/s1. The predicted octanol–water partition coefficient (Wildman–Crippen LogP) is 2.86. The van der Waals surface area contributed by atoms with Gasteiger partial charge in [0.1, 0.15) is 5.60 Å². The maximum absolute atomic E-state index is 12.6. The molecule has 0 aromatic rings. The Labute approximate surface area is 132 Å². The number of hydrogen-bond acceptors (Lipinski definition) is 5. The van der Waals surface area contributed by atoms with E-state index in [9.17, 15) is 9.59 Å². The summed E-state index contributed by atoms with van der Waals surface area (Å²) in [4.78, 5) is 24.8. The fourth-order valence-electron chi connectivity index (χ4n) is 3.53. The minimum absolute atomic E-state index is 0.245. The summed E-state index contributed by atoms with van der Waals surface area (Å²) in [6.07, 6.45) is 3.98. The summed E-state index contributed by atoms with van der Waals surface area (Å²) in [5.41, 5.74) is -0.804. The lowest BCUT2D eigenvalue weighted by molar-refractivity contribution is -0.176. The van der Waals surface area contributed by atoms with Crippen molar-refractivity contribution in [2.75, 3.05) is 13.2 Å². The molecule has 0 aromatic carbocycles. The molecule has 0 N–H and O–H groups in total. The number of esters is 2. The summed E-state index contributed by atoms with van der Waals surface area (Å²) in [6.45, 7) is 8.38. The van der Waals surface area contributed by atoms with Crippen LogP contribution < -0.4 is 0 Å². The van der Waals surface area contributed by atoms with E-state index >= 15 is 0 Å². The van der Waals surface area contributed by atoms with Crippen molar-refractivity contribution < 1.29 is 23.8 Å². The third kappa shape index (κ3) is 4.00. The highest BCUT2D eigenvalue weighted by molar-refractivity contribution is 5.82. The number of hydrogen-bond donors (Lipinski definition) is 0. The van der Waals surface area contributed by atoms with Crippen LogP contribution >= 0.6 is 0 Å². The molecule has 1 unspecified atom stereocenters. The molecule has 2 aliphatic rings. The molecule has 1 spiro atoms. The van der Waals surface area contributed by atoms with E-state index in [1.165, 1.54) is 0 Å². The number of carbonyl (C=O) groups excluding carboxylic acids is 2. The summed E-state index contributed by atoms with van der Waals surface area (Å²) in [5, 5.41) is 0. The molecule has 2 rings (SSSR count). The molecule has 1 saturated heterocycles. The van der Waals surface area contributed by atoms with Crippen LogP contribution in [0.3, 0.4) is 0 Å². The number of rotatable bonds is 3. The van der Waals surface area contributed by atoms with Gasteiger partial charge in [0, 0.05) is 6.61 Å². The van der Waals surface area contributed by atoms with E-state index in [1.807, 2.05) is 20.8 Å². The van der Waals surface area contributed by atoms with Crippen molar-refractivity contribution in [3.63, 3.8) is 0 Å². The number of carbonyl (C=O) groups is 2. The third-order valence-corrected chi connectivity index (χ3v) is 4.47. The molecule has 0 bridgehead atoms. The molecule has 126 valence electrons. The van der Waals surface area contributed by atoms with Crippen LogP contribution in [-0.4, -0.2) is 36.4 Å². The molecule has 0 radical (unpaired) electrons. The minimum Gasteiger partial charge on any atom is -0.466 e. The van der Waals surface area contributed by atoms with Crippen LogP contribution in [0.25, 0.3) is 0 Å². The Hall–Kier alpha value is -1.10. The predicted molar refractivity (Wildman–Crippen MR) is 81.2 cm³/mol. The molecule has 0 aromatic heterocycles. The largest absolute Gasteiger partial charge is 0.466 e. The average molecular weight is 312 g/mol. The Morgan fingerprint density at radius 3 is 2.45 bits per heavy atom. The highest BCUT2D eigenvalue weighted by Crippen LogP contribution is 2.45. The maximum atomic E-state index is 12.6. The number of ether oxygens (including phenoxy) is 3. The van der Waals surface area contributed by atoms with Crippen molar-refractivity contribution >= 4 is 11.9 Å². The Kier molecular flexibility index (Phi) is 5.15. The first-order valence-electron chi connectivity index (χ1n) is 8.30. The summed E-state index contributed by atoms with van der Waals surface area (Å²) < 4.78 is 16.6. The zero-order valence-electron chi connectivity index (χ0n) is 14.1. The molecule has 3 atom stereocenters. The molecule has 1 aliphatic carbocycles. The van der Waals surface area contributed by atoms with Gasteiger partial charge in [-0.3, -0.25) is 9.59 Å². The minimum atomic E-state index is -0.558. The highest BCUT2D eigenvalue weighted by atomic mass is 16.6. The Morgan fingerprint density at radius 2 is 1.91 bits per heavy atom. The summed E-state index contributed by atoms with van der Waals surface area (Å²) >= 11 is 0. The van der Waals surface area contributed by atoms with Gasteiger partial charge in [-0.05, 0) is 59.8 Å². The Balaban J connectivity index is 2.15. The molecule has 2 fully saturated rings. The Morgan fingerprint density at radius 1 is 1.18 bits per heavy atom. The fraction of sp³-hybridized carbons (Fsp3) is 0.882. The molecule has 5 heteroatoms. The second-order valence-electron chi connectivity index (χ2n) is 7.38. The van der Waals surface area contributed by atoms with Gasteiger partial charge in [-0.1, -0.05) is 0 Å². The van der Waals surface area contributed by atoms with Gasteiger partial charge in [-0.2, -0.15) is 0 Å². The van der Waals surface area contributed by atoms with Gasteiger partial charge >= 0.3 is 11.9 Å². The van der Waals surface area contributed by atoms with Crippen LogP contribution in [0.2, 0.25) is 0 Å². The zero-order valence-corrected chi connectivity index (χ0v) is 14.1. The molecule has 5 nitrogen and oxygen atoms in total. The van der Waals surface area contributed by atoms with Gasteiger partial charge < -0.3 is 14.2 Å². The van der Waals surface area contributed by atoms with E-state index in [4.69, 9.17) is 14.2 Å². The van der Waals surface area contributed by atoms with Gasteiger partial charge in [0.05, 0.1) is 24.0 Å². The zero-order chi connectivity index (χ0) is 16.4. The van der Waals surface area contributed by atoms with Crippen molar-refractivity contribution in [2.24, 2.45) is 11.8 Å². The summed E-state index contributed by atoms with van der Waals surface area (Å²) in [7, 11) is 0. The van der Waals surface area contributed by atoms with Crippen LogP contribution in [0, 0.1) is 11.8 Å². The van der Waals surface area contributed by atoms with E-state index in [-0.39, 0.29) is 17.5 Å². The Bertz CT molecular complexity index is 417. The summed E-state index contributed by atoms with van der Waals surface area (Å²) in [5.74, 6) is -1.47. The molecule has 1 heterocycles. The van der Waals surface area contributed by atoms with E-state index < -0.39 is 17.4 Å². The van der Waals surface area contributed by atoms with Crippen molar-refractivity contribution in [1.29, 1.82) is 0 Å². The second kappa shape index (κ2) is 6.57. The maximum Gasteiger partial charge on any atom is 0.310 e. The molecule has 1 aliphatic heterocycles. The van der Waals surface area contributed by atoms with E-state index in [2.05, 4.69) is 0 Å². The lowest BCUT2D eigenvalue weighted by atomic mass is 9.70. The fourth-order valence-corrected chi connectivity index (χ4v) is 3.53. The van der Waals surface area contributed by atoms with Crippen molar-refractivity contribution in [2.45, 2.75) is 71.0 Å². The molecule has 22 heavy (non-hydrogen) atoms. The van der Waals surface area contributed by atoms with Gasteiger partial charge in [0.15, 0.2) is 0 Å². The highest BCUT2D eigenvalue weighted by Gasteiger charge is 2.49. The lowest BCUT2D eigenvalue weighted by Gasteiger charge is -2.40. The van der Waals surface area contributed by atoms with Gasteiger partial charge in [-0.25, -0.2) is 0 Å². The second-order valence-corrected chi connectivity index (χ2v) is 7.38. The summed E-state index contributed by atoms with van der Waals surface area (Å²) in [6, 6.07) is 0. The van der Waals surface area contributed by atoms with Crippen molar-refractivity contribution in [3.05, 3.63) is 0 Å². The van der Waals surface area contributed by atoms with Crippen LogP contribution in [0.15, 0.2) is 0 Å². The topological polar surface area (TPSA) is 61.8 Å². The SMILES string of the molecule is CCOC(=O)[C@H]1CCC2(CCCO2)C[C@@H]1C(=O)OC(C)(C)C. The molecule has 0 amide bonds. The smallest absolute Gasteiger partial charge is 0.310 e. The third-order valence-electron chi connectivity index (χ3n) is 4.47. The van der Waals surface area contributed by atoms with Crippen LogP contribution in [0.5, 0.6) is 0 Å². The first-order chi connectivity index (χ1) is 10.3. The monoisotopic (exact) mass is 312 g/mol. The van der Waals surface area contributed by atoms with Gasteiger partial charge in [0.25, 0.3) is 0 Å². The molecular formula is C17H28O5. The van der Waals surface area contributed by atoms with Gasteiger partial charge in [0.2, 0.25) is 0 Å². The van der Waals surface area contributed by atoms with Crippen LogP contribution in [0.1, 0.15) is 59.8 Å². The van der Waals surface area contributed by atoms with E-state index in [0.29, 0.717) is 19.4 Å². The van der Waals surface area contributed by atoms with Crippen LogP contribution in [0.4, 0.5) is 0 Å². The van der Waals surface area contributed by atoms with E-state index in [0.717, 1.165) is 25.9 Å². The molecular weight excluding hydrogens is 284 g/mol. The molecule has 1 saturated carbocycles. The van der Waals surface area contributed by atoms with Crippen molar-refractivity contribution in [1.82, 2.24) is 0 Å². The normalized spacial score (nSPS) is 32.0. The van der Waals surface area contributed by atoms with E-state index in [1.54, 1.807) is 6.92 Å². The lowest BCUT2D eigenvalue weighted by Crippen LogP contribution is -2.46. The first kappa shape index (κ1) is 17.3. The van der Waals surface area contributed by atoms with Crippen LogP contribution in [-0.2, 0) is 23.8 Å². The average Bonchev–Trinajstić information content (AvgIpc) is 2.85. The van der Waals surface area contributed by atoms with Gasteiger partial charge in [-0.15, -0.1) is 0 Å².